The van der Waals surface area contributed by atoms with Gasteiger partial charge in [-0.3, -0.25) is 4.79 Å². The Labute approximate surface area is 174 Å². The quantitative estimate of drug-likeness (QED) is 0.541. The number of hydrogen-bond donors (Lipinski definition) is 0. The van der Waals surface area contributed by atoms with Crippen molar-refractivity contribution in [3.8, 4) is 0 Å². The highest BCUT2D eigenvalue weighted by Gasteiger charge is 2.26. The summed E-state index contributed by atoms with van der Waals surface area (Å²) in [5.74, 6) is 1.18. The fourth-order valence-corrected chi connectivity index (χ4v) is 5.14. The minimum atomic E-state index is -0.0969. The van der Waals surface area contributed by atoms with E-state index in [1.165, 1.54) is 0 Å². The Morgan fingerprint density at radius 2 is 1.89 bits per heavy atom. The number of rotatable bonds is 4. The van der Waals surface area contributed by atoms with Crippen LogP contribution in [0.5, 0.6) is 0 Å². The summed E-state index contributed by atoms with van der Waals surface area (Å²) in [6.07, 6.45) is 1.63. The van der Waals surface area contributed by atoms with Crippen LogP contribution in [0.4, 0.5) is 5.82 Å². The summed E-state index contributed by atoms with van der Waals surface area (Å²) < 4.78 is 1.05. The van der Waals surface area contributed by atoms with Gasteiger partial charge in [0.25, 0.3) is 0 Å². The first-order valence-electron chi connectivity index (χ1n) is 8.76. The molecule has 27 heavy (non-hydrogen) atoms. The maximum atomic E-state index is 12.8. The standard InChI is InChI=1S/C19H19BrN4OS2/c1-13(27-15-4-2-14(20)3-5-15)19(25)24-9-7-23(8-10-24)17-16-6-11-26-18(16)22-12-21-17/h2-6,11-13H,7-10H2,1H3. The number of carbonyl (C=O) groups is 1. The monoisotopic (exact) mass is 462 g/mol. The Morgan fingerprint density at radius 1 is 1.15 bits per heavy atom. The van der Waals surface area contributed by atoms with E-state index in [1.54, 1.807) is 29.4 Å². The van der Waals surface area contributed by atoms with Crippen LogP contribution in [-0.2, 0) is 4.79 Å². The Hall–Kier alpha value is -1.64. The normalized spacial score (nSPS) is 15.9. The number of aromatic nitrogens is 2. The molecule has 1 fully saturated rings. The molecule has 3 heterocycles. The fourth-order valence-electron chi connectivity index (χ4n) is 3.19. The summed E-state index contributed by atoms with van der Waals surface area (Å²) in [4.78, 5) is 28.0. The zero-order chi connectivity index (χ0) is 18.8. The summed E-state index contributed by atoms with van der Waals surface area (Å²) in [6.45, 7) is 5.02. The SMILES string of the molecule is CC(Sc1ccc(Br)cc1)C(=O)N1CCN(c2ncnc3sccc23)CC1. The average Bonchev–Trinajstić information content (AvgIpc) is 3.18. The van der Waals surface area contributed by atoms with Gasteiger partial charge in [-0.25, -0.2) is 9.97 Å². The molecular formula is C19H19BrN4OS2. The molecule has 2 aromatic heterocycles. The first-order valence-corrected chi connectivity index (χ1v) is 11.3. The molecule has 1 atom stereocenters. The summed E-state index contributed by atoms with van der Waals surface area (Å²) in [6, 6.07) is 10.2. The number of carbonyl (C=O) groups excluding carboxylic acids is 1. The zero-order valence-corrected chi connectivity index (χ0v) is 18.1. The van der Waals surface area contributed by atoms with Crippen LogP contribution in [0.3, 0.4) is 0 Å². The van der Waals surface area contributed by atoms with Gasteiger partial charge in [-0.1, -0.05) is 15.9 Å². The molecule has 8 heteroatoms. The summed E-state index contributed by atoms with van der Waals surface area (Å²) in [5, 5.41) is 3.05. The van der Waals surface area contributed by atoms with Crippen LogP contribution in [-0.4, -0.2) is 52.2 Å². The van der Waals surface area contributed by atoms with Crippen LogP contribution in [0, 0.1) is 0 Å². The summed E-state index contributed by atoms with van der Waals surface area (Å²) in [7, 11) is 0. The molecule has 4 rings (SSSR count). The Morgan fingerprint density at radius 3 is 2.63 bits per heavy atom. The fraction of sp³-hybridized carbons (Fsp3) is 0.316. The van der Waals surface area contributed by atoms with Crippen molar-refractivity contribution >= 4 is 61.0 Å². The molecule has 140 valence electrons. The van der Waals surface area contributed by atoms with Crippen LogP contribution < -0.4 is 4.90 Å². The second kappa shape index (κ2) is 8.16. The zero-order valence-electron chi connectivity index (χ0n) is 14.8. The van der Waals surface area contributed by atoms with E-state index in [0.29, 0.717) is 0 Å². The van der Waals surface area contributed by atoms with E-state index in [2.05, 4.69) is 36.9 Å². The lowest BCUT2D eigenvalue weighted by molar-refractivity contribution is -0.130. The molecule has 3 aromatic rings. The molecule has 5 nitrogen and oxygen atoms in total. The van der Waals surface area contributed by atoms with Crippen molar-refractivity contribution < 1.29 is 4.79 Å². The van der Waals surface area contributed by atoms with E-state index in [4.69, 9.17) is 0 Å². The number of hydrogen-bond acceptors (Lipinski definition) is 6. The van der Waals surface area contributed by atoms with Crippen molar-refractivity contribution in [1.82, 2.24) is 14.9 Å². The average molecular weight is 463 g/mol. The largest absolute Gasteiger partial charge is 0.352 e. The van der Waals surface area contributed by atoms with Crippen LogP contribution >= 0.6 is 39.0 Å². The van der Waals surface area contributed by atoms with Crippen molar-refractivity contribution in [3.63, 3.8) is 0 Å². The number of amides is 1. The lowest BCUT2D eigenvalue weighted by Gasteiger charge is -2.36. The molecule has 1 aliphatic rings. The Kier molecular flexibility index (Phi) is 5.66. The molecule has 1 amide bonds. The predicted octanol–water partition coefficient (Wildman–Crippen LogP) is 4.28. The maximum absolute atomic E-state index is 12.8. The minimum Gasteiger partial charge on any atom is -0.352 e. The van der Waals surface area contributed by atoms with Gasteiger partial charge in [0.2, 0.25) is 5.91 Å². The third kappa shape index (κ3) is 4.12. The number of halogens is 1. The number of anilines is 1. The second-order valence-electron chi connectivity index (χ2n) is 6.36. The van der Waals surface area contributed by atoms with Gasteiger partial charge in [0.15, 0.2) is 0 Å². The van der Waals surface area contributed by atoms with Crippen LogP contribution in [0.15, 0.2) is 51.4 Å². The third-order valence-electron chi connectivity index (χ3n) is 4.61. The number of thiophene rings is 1. The lowest BCUT2D eigenvalue weighted by Crippen LogP contribution is -2.51. The smallest absolute Gasteiger partial charge is 0.235 e. The van der Waals surface area contributed by atoms with Crippen molar-refractivity contribution in [3.05, 3.63) is 46.5 Å². The van der Waals surface area contributed by atoms with Crippen molar-refractivity contribution in [2.45, 2.75) is 17.1 Å². The van der Waals surface area contributed by atoms with E-state index < -0.39 is 0 Å². The molecule has 0 radical (unpaired) electrons. The molecule has 0 saturated carbocycles. The van der Waals surface area contributed by atoms with Crippen LogP contribution in [0.2, 0.25) is 0 Å². The minimum absolute atomic E-state index is 0.0969. The van der Waals surface area contributed by atoms with Crippen LogP contribution in [0.1, 0.15) is 6.92 Å². The van der Waals surface area contributed by atoms with Gasteiger partial charge >= 0.3 is 0 Å². The lowest BCUT2D eigenvalue weighted by atomic mass is 10.2. The molecule has 1 saturated heterocycles. The number of nitrogens with zero attached hydrogens (tertiary/aromatic N) is 4. The van der Waals surface area contributed by atoms with Gasteiger partial charge in [-0.05, 0) is 42.6 Å². The van der Waals surface area contributed by atoms with E-state index in [1.807, 2.05) is 41.5 Å². The molecule has 0 N–H and O–H groups in total. The van der Waals surface area contributed by atoms with Gasteiger partial charge in [-0.15, -0.1) is 23.1 Å². The number of thioether (sulfide) groups is 1. The Balaban J connectivity index is 1.37. The molecule has 0 aliphatic carbocycles. The predicted molar refractivity (Wildman–Crippen MR) is 116 cm³/mol. The van der Waals surface area contributed by atoms with Crippen molar-refractivity contribution in [2.75, 3.05) is 31.1 Å². The highest BCUT2D eigenvalue weighted by Crippen LogP contribution is 2.29. The van der Waals surface area contributed by atoms with Gasteiger partial charge in [0.05, 0.1) is 10.6 Å². The van der Waals surface area contributed by atoms with Crippen LogP contribution in [0.25, 0.3) is 10.2 Å². The second-order valence-corrected chi connectivity index (χ2v) is 9.59. The van der Waals surface area contributed by atoms with E-state index >= 15 is 0 Å². The van der Waals surface area contributed by atoms with E-state index in [0.717, 1.165) is 51.6 Å². The molecular weight excluding hydrogens is 444 g/mol. The Bertz CT molecular complexity index is 938. The highest BCUT2D eigenvalue weighted by molar-refractivity contribution is 9.10. The van der Waals surface area contributed by atoms with Crippen molar-refractivity contribution in [1.29, 1.82) is 0 Å². The summed E-state index contributed by atoms with van der Waals surface area (Å²) in [5.41, 5.74) is 0. The summed E-state index contributed by atoms with van der Waals surface area (Å²) >= 11 is 6.68. The van der Waals surface area contributed by atoms with Gasteiger partial charge in [0.1, 0.15) is 17.0 Å². The topological polar surface area (TPSA) is 49.3 Å². The van der Waals surface area contributed by atoms with Crippen molar-refractivity contribution in [2.24, 2.45) is 0 Å². The number of fused-ring (bicyclic) bond motifs is 1. The maximum Gasteiger partial charge on any atom is 0.235 e. The van der Waals surface area contributed by atoms with Gasteiger partial charge < -0.3 is 9.80 Å². The van der Waals surface area contributed by atoms with E-state index in [-0.39, 0.29) is 11.2 Å². The number of benzene rings is 1. The first-order chi connectivity index (χ1) is 13.1. The highest BCUT2D eigenvalue weighted by atomic mass is 79.9. The molecule has 1 unspecified atom stereocenters. The first kappa shape index (κ1) is 18.7. The molecule has 1 aromatic carbocycles. The van der Waals surface area contributed by atoms with E-state index in [9.17, 15) is 4.79 Å². The van der Waals surface area contributed by atoms with Gasteiger partial charge in [0, 0.05) is 35.5 Å². The third-order valence-corrected chi connectivity index (χ3v) is 7.05. The molecule has 0 spiro atoms. The molecule has 1 aliphatic heterocycles. The van der Waals surface area contributed by atoms with Gasteiger partial charge in [-0.2, -0.15) is 0 Å². The molecule has 0 bridgehead atoms. The number of piperazine rings is 1.